The SMILES string of the molecule is Cc1ccncc1NS(=O)(=O)c1csc(CNC2CC2)c1. The molecule has 2 N–H and O–H groups in total. The van der Waals surface area contributed by atoms with Gasteiger partial charge in [-0.25, -0.2) is 8.42 Å². The molecule has 0 unspecified atom stereocenters. The van der Waals surface area contributed by atoms with Crippen LogP contribution < -0.4 is 10.0 Å². The fourth-order valence-electron chi connectivity index (χ4n) is 1.90. The first-order valence-electron chi connectivity index (χ1n) is 6.79. The molecular formula is C14H17N3O2S2. The van der Waals surface area contributed by atoms with E-state index in [9.17, 15) is 8.42 Å². The summed E-state index contributed by atoms with van der Waals surface area (Å²) in [6.45, 7) is 2.58. The minimum absolute atomic E-state index is 0.309. The van der Waals surface area contributed by atoms with E-state index in [1.807, 2.05) is 6.92 Å². The van der Waals surface area contributed by atoms with Crippen molar-refractivity contribution < 1.29 is 8.42 Å². The predicted octanol–water partition coefficient (Wildman–Crippen LogP) is 2.50. The van der Waals surface area contributed by atoms with Crippen LogP contribution in [0.3, 0.4) is 0 Å². The van der Waals surface area contributed by atoms with E-state index in [1.54, 1.807) is 23.7 Å². The van der Waals surface area contributed by atoms with E-state index < -0.39 is 10.0 Å². The fraction of sp³-hybridized carbons (Fsp3) is 0.357. The van der Waals surface area contributed by atoms with Crippen LogP contribution >= 0.6 is 11.3 Å². The van der Waals surface area contributed by atoms with Crippen LogP contribution in [0.15, 0.2) is 34.8 Å². The Morgan fingerprint density at radius 3 is 2.95 bits per heavy atom. The van der Waals surface area contributed by atoms with Gasteiger partial charge in [0.05, 0.1) is 16.8 Å². The van der Waals surface area contributed by atoms with Crippen molar-refractivity contribution in [1.82, 2.24) is 10.3 Å². The molecule has 2 aromatic rings. The van der Waals surface area contributed by atoms with Crippen LogP contribution in [-0.2, 0) is 16.6 Å². The van der Waals surface area contributed by atoms with Crippen molar-refractivity contribution in [1.29, 1.82) is 0 Å². The molecule has 0 amide bonds. The van der Waals surface area contributed by atoms with Gasteiger partial charge < -0.3 is 5.32 Å². The molecule has 0 bridgehead atoms. The molecule has 1 fully saturated rings. The Balaban J connectivity index is 1.73. The average molecular weight is 323 g/mol. The maximum atomic E-state index is 12.4. The van der Waals surface area contributed by atoms with Crippen molar-refractivity contribution in [2.45, 2.75) is 37.2 Å². The number of sulfonamides is 1. The lowest BCUT2D eigenvalue weighted by Crippen LogP contribution is -2.15. The number of anilines is 1. The lowest BCUT2D eigenvalue weighted by Gasteiger charge is -2.08. The predicted molar refractivity (Wildman–Crippen MR) is 84.0 cm³/mol. The summed E-state index contributed by atoms with van der Waals surface area (Å²) < 4.78 is 27.3. The molecule has 0 radical (unpaired) electrons. The molecule has 0 atom stereocenters. The normalized spacial score (nSPS) is 15.1. The van der Waals surface area contributed by atoms with Crippen molar-refractivity contribution in [2.24, 2.45) is 0 Å². The highest BCUT2D eigenvalue weighted by molar-refractivity contribution is 7.92. The van der Waals surface area contributed by atoms with Crippen LogP contribution in [0.4, 0.5) is 5.69 Å². The number of nitrogens with zero attached hydrogens (tertiary/aromatic N) is 1. The highest BCUT2D eigenvalue weighted by atomic mass is 32.2. The molecule has 1 aliphatic carbocycles. The summed E-state index contributed by atoms with van der Waals surface area (Å²) >= 11 is 1.46. The number of aromatic nitrogens is 1. The molecule has 112 valence electrons. The van der Waals surface area contributed by atoms with Gasteiger partial charge in [0.25, 0.3) is 10.0 Å². The summed E-state index contributed by atoms with van der Waals surface area (Å²) in [5.74, 6) is 0. The minimum Gasteiger partial charge on any atom is -0.309 e. The van der Waals surface area contributed by atoms with Crippen LogP contribution in [0, 0.1) is 6.92 Å². The third-order valence-corrected chi connectivity index (χ3v) is 5.80. The van der Waals surface area contributed by atoms with Crippen molar-refractivity contribution >= 4 is 27.0 Å². The average Bonchev–Trinajstić information content (AvgIpc) is 3.15. The number of aryl methyl sites for hydroxylation is 1. The Hall–Kier alpha value is -1.44. The summed E-state index contributed by atoms with van der Waals surface area (Å²) in [5.41, 5.74) is 1.36. The fourth-order valence-corrected chi connectivity index (χ4v) is 4.24. The van der Waals surface area contributed by atoms with E-state index in [4.69, 9.17) is 0 Å². The lowest BCUT2D eigenvalue weighted by molar-refractivity contribution is 0.601. The van der Waals surface area contributed by atoms with Gasteiger partial charge in [0, 0.05) is 29.0 Å². The zero-order valence-electron chi connectivity index (χ0n) is 11.7. The smallest absolute Gasteiger partial charge is 0.262 e. The molecule has 7 heteroatoms. The van der Waals surface area contributed by atoms with Crippen LogP contribution in [0.5, 0.6) is 0 Å². The van der Waals surface area contributed by atoms with Gasteiger partial charge in [-0.2, -0.15) is 0 Å². The first-order valence-corrected chi connectivity index (χ1v) is 9.15. The van der Waals surface area contributed by atoms with E-state index >= 15 is 0 Å². The monoisotopic (exact) mass is 323 g/mol. The van der Waals surface area contributed by atoms with Crippen LogP contribution in [0.2, 0.25) is 0 Å². The first kappa shape index (κ1) is 14.5. The number of thiophene rings is 1. The molecule has 1 saturated carbocycles. The Morgan fingerprint density at radius 1 is 1.43 bits per heavy atom. The van der Waals surface area contributed by atoms with Crippen LogP contribution in [0.1, 0.15) is 23.3 Å². The molecule has 1 aliphatic rings. The topological polar surface area (TPSA) is 71.1 Å². The maximum Gasteiger partial charge on any atom is 0.262 e. The van der Waals surface area contributed by atoms with Crippen molar-refractivity contribution in [3.05, 3.63) is 40.3 Å². The molecule has 0 aliphatic heterocycles. The molecule has 0 spiro atoms. The molecule has 5 nitrogen and oxygen atoms in total. The number of pyridine rings is 1. The number of rotatable bonds is 6. The summed E-state index contributed by atoms with van der Waals surface area (Å²) in [5, 5.41) is 5.06. The van der Waals surface area contributed by atoms with E-state index in [2.05, 4.69) is 15.0 Å². The zero-order valence-corrected chi connectivity index (χ0v) is 13.3. The Kier molecular flexibility index (Phi) is 3.97. The molecule has 0 saturated heterocycles. The van der Waals surface area contributed by atoms with Crippen molar-refractivity contribution in [3.8, 4) is 0 Å². The van der Waals surface area contributed by atoms with Gasteiger partial charge in [0.1, 0.15) is 0 Å². The maximum absolute atomic E-state index is 12.4. The van der Waals surface area contributed by atoms with Gasteiger partial charge in [-0.15, -0.1) is 11.3 Å². The van der Waals surface area contributed by atoms with Crippen LogP contribution in [-0.4, -0.2) is 19.4 Å². The number of hydrogen-bond acceptors (Lipinski definition) is 5. The highest BCUT2D eigenvalue weighted by Crippen LogP contribution is 2.24. The molecule has 2 heterocycles. The van der Waals surface area contributed by atoms with Crippen molar-refractivity contribution in [3.63, 3.8) is 0 Å². The van der Waals surface area contributed by atoms with Gasteiger partial charge in [0.15, 0.2) is 0 Å². The quantitative estimate of drug-likeness (QED) is 0.857. The van der Waals surface area contributed by atoms with Gasteiger partial charge in [-0.1, -0.05) is 0 Å². The third-order valence-electron chi connectivity index (χ3n) is 3.37. The Morgan fingerprint density at radius 2 is 2.24 bits per heavy atom. The van der Waals surface area contributed by atoms with E-state index in [0.717, 1.165) is 17.0 Å². The standard InChI is InChI=1S/C14H17N3O2S2/c1-10-4-5-15-8-14(10)17-21(18,19)13-6-12(20-9-13)7-16-11-2-3-11/h4-6,8-9,11,16-17H,2-3,7H2,1H3. The third kappa shape index (κ3) is 3.61. The number of hydrogen-bond donors (Lipinski definition) is 2. The van der Waals surface area contributed by atoms with Crippen LogP contribution in [0.25, 0.3) is 0 Å². The summed E-state index contributed by atoms with van der Waals surface area (Å²) in [4.78, 5) is 5.29. The Labute approximate surface area is 128 Å². The van der Waals surface area contributed by atoms with Crippen molar-refractivity contribution in [2.75, 3.05) is 4.72 Å². The molecule has 0 aromatic carbocycles. The van der Waals surface area contributed by atoms with Gasteiger partial charge in [0.2, 0.25) is 0 Å². The second-order valence-corrected chi connectivity index (χ2v) is 7.88. The minimum atomic E-state index is -3.55. The summed E-state index contributed by atoms with van der Waals surface area (Å²) in [6.07, 6.45) is 5.60. The summed E-state index contributed by atoms with van der Waals surface area (Å²) in [7, 11) is -3.55. The second-order valence-electron chi connectivity index (χ2n) is 5.20. The zero-order chi connectivity index (χ0) is 14.9. The largest absolute Gasteiger partial charge is 0.309 e. The molecule has 21 heavy (non-hydrogen) atoms. The van der Waals surface area contributed by atoms with E-state index in [-0.39, 0.29) is 0 Å². The summed E-state index contributed by atoms with van der Waals surface area (Å²) in [6, 6.07) is 4.12. The van der Waals surface area contributed by atoms with Gasteiger partial charge in [-0.3, -0.25) is 9.71 Å². The molecule has 3 rings (SSSR count). The molecule has 2 aromatic heterocycles. The van der Waals surface area contributed by atoms with Gasteiger partial charge >= 0.3 is 0 Å². The Bertz CT molecular complexity index is 736. The highest BCUT2D eigenvalue weighted by Gasteiger charge is 2.21. The first-order chi connectivity index (χ1) is 10.0. The number of nitrogens with one attached hydrogen (secondary N) is 2. The van der Waals surface area contributed by atoms with Gasteiger partial charge in [-0.05, 0) is 37.5 Å². The molecular weight excluding hydrogens is 306 g/mol. The van der Waals surface area contributed by atoms with E-state index in [0.29, 0.717) is 16.6 Å². The lowest BCUT2D eigenvalue weighted by atomic mass is 10.3. The van der Waals surface area contributed by atoms with E-state index in [1.165, 1.54) is 30.4 Å². The second kappa shape index (κ2) is 5.75.